The van der Waals surface area contributed by atoms with E-state index < -0.39 is 0 Å². The van der Waals surface area contributed by atoms with Crippen molar-refractivity contribution in [3.05, 3.63) is 24.8 Å². The van der Waals surface area contributed by atoms with E-state index in [1.165, 1.54) is 6.08 Å². The summed E-state index contributed by atoms with van der Waals surface area (Å²) >= 11 is 0. The first-order chi connectivity index (χ1) is 5.91. The molecule has 0 aromatic rings. The second-order valence-corrected chi connectivity index (χ2v) is 1.97. The maximum Gasteiger partial charge on any atom is 0.0440 e. The van der Waals surface area contributed by atoms with Gasteiger partial charge in [0.2, 0.25) is 0 Å². The van der Waals surface area contributed by atoms with E-state index in [4.69, 9.17) is 5.11 Å². The summed E-state index contributed by atoms with van der Waals surface area (Å²) < 4.78 is 0. The molecule has 0 heterocycles. The Morgan fingerprint density at radius 2 is 1.92 bits per heavy atom. The van der Waals surface area contributed by atoms with Crippen LogP contribution in [0.3, 0.4) is 0 Å². The molecule has 0 saturated carbocycles. The van der Waals surface area contributed by atoms with Crippen molar-refractivity contribution in [3.8, 4) is 23.7 Å². The Morgan fingerprint density at radius 1 is 1.17 bits per heavy atom. The van der Waals surface area contributed by atoms with Gasteiger partial charge in [0.25, 0.3) is 0 Å². The van der Waals surface area contributed by atoms with E-state index in [9.17, 15) is 0 Å². The fourth-order valence-electron chi connectivity index (χ4n) is 0.489. The molecule has 1 nitrogen and oxygen atoms in total. The largest absolute Gasteiger partial charge is 0.396 e. The summed E-state index contributed by atoms with van der Waals surface area (Å²) in [6.45, 7) is 3.65. The zero-order valence-corrected chi connectivity index (χ0v) is 7.01. The van der Waals surface area contributed by atoms with Crippen LogP contribution < -0.4 is 0 Å². The van der Waals surface area contributed by atoms with E-state index in [1.54, 1.807) is 12.2 Å². The molecule has 1 N–H and O–H groups in total. The highest BCUT2D eigenvalue weighted by Gasteiger charge is 1.74. The Labute approximate surface area is 73.8 Å². The van der Waals surface area contributed by atoms with Gasteiger partial charge in [-0.1, -0.05) is 30.3 Å². The number of aliphatic hydroxyl groups is 1. The van der Waals surface area contributed by atoms with Crippen LogP contribution in [0, 0.1) is 23.7 Å². The lowest BCUT2D eigenvalue weighted by Gasteiger charge is -1.81. The van der Waals surface area contributed by atoms with Crippen molar-refractivity contribution in [1.29, 1.82) is 0 Å². The third kappa shape index (κ3) is 8.56. The molecule has 62 valence electrons. The number of aliphatic hydroxyl groups excluding tert-OH is 1. The molecule has 0 bridgehead atoms. The summed E-state index contributed by atoms with van der Waals surface area (Å²) in [6.07, 6.45) is 6.36. The molecular formula is C11H12O. The van der Waals surface area contributed by atoms with Gasteiger partial charge in [-0.3, -0.25) is 0 Å². The van der Waals surface area contributed by atoms with Gasteiger partial charge in [0.1, 0.15) is 0 Å². The van der Waals surface area contributed by atoms with Gasteiger partial charge in [0, 0.05) is 13.0 Å². The molecular weight excluding hydrogens is 148 g/mol. The standard InChI is InChI=1S/C11H12O/c1-2-3-4-5-6-7-8-9-10-11-12/h2,5-6,12H,1,9-11H2/b6-5-. The first kappa shape index (κ1) is 10.6. The molecule has 0 aromatic carbocycles. The first-order valence-electron chi connectivity index (χ1n) is 3.78. The second-order valence-electron chi connectivity index (χ2n) is 1.97. The molecule has 0 spiro atoms. The topological polar surface area (TPSA) is 20.2 Å². The third-order valence-electron chi connectivity index (χ3n) is 0.997. The summed E-state index contributed by atoms with van der Waals surface area (Å²) in [6, 6.07) is 0. The highest BCUT2D eigenvalue weighted by molar-refractivity contribution is 5.27. The maximum atomic E-state index is 8.42. The molecule has 0 aliphatic rings. The second kappa shape index (κ2) is 9.56. The van der Waals surface area contributed by atoms with Crippen molar-refractivity contribution >= 4 is 0 Å². The number of unbranched alkanes of at least 4 members (excludes halogenated alkanes) is 1. The van der Waals surface area contributed by atoms with Crippen LogP contribution >= 0.6 is 0 Å². The number of hydrogen-bond acceptors (Lipinski definition) is 1. The van der Waals surface area contributed by atoms with Crippen molar-refractivity contribution < 1.29 is 5.11 Å². The van der Waals surface area contributed by atoms with Gasteiger partial charge < -0.3 is 5.11 Å². The smallest absolute Gasteiger partial charge is 0.0440 e. The van der Waals surface area contributed by atoms with Gasteiger partial charge in [-0.2, -0.15) is 0 Å². The van der Waals surface area contributed by atoms with E-state index >= 15 is 0 Å². The molecule has 0 saturated heterocycles. The maximum absolute atomic E-state index is 8.42. The summed E-state index contributed by atoms with van der Waals surface area (Å²) in [4.78, 5) is 0. The quantitative estimate of drug-likeness (QED) is 0.479. The Morgan fingerprint density at radius 3 is 2.58 bits per heavy atom. The van der Waals surface area contributed by atoms with Crippen molar-refractivity contribution in [2.24, 2.45) is 0 Å². The van der Waals surface area contributed by atoms with Crippen LogP contribution in [0.5, 0.6) is 0 Å². The molecule has 0 radical (unpaired) electrons. The minimum absolute atomic E-state index is 0.203. The molecule has 0 amide bonds. The highest BCUT2D eigenvalue weighted by Crippen LogP contribution is 1.82. The molecule has 0 unspecified atom stereocenters. The van der Waals surface area contributed by atoms with Crippen LogP contribution in [0.15, 0.2) is 24.8 Å². The van der Waals surface area contributed by atoms with Gasteiger partial charge >= 0.3 is 0 Å². The zero-order valence-electron chi connectivity index (χ0n) is 7.01. The van der Waals surface area contributed by atoms with Crippen molar-refractivity contribution in [2.75, 3.05) is 6.61 Å². The molecule has 0 fully saturated rings. The van der Waals surface area contributed by atoms with Crippen LogP contribution in [-0.4, -0.2) is 11.7 Å². The van der Waals surface area contributed by atoms with Crippen LogP contribution in [0.1, 0.15) is 12.8 Å². The van der Waals surface area contributed by atoms with Crippen LogP contribution in [0.4, 0.5) is 0 Å². The van der Waals surface area contributed by atoms with Crippen molar-refractivity contribution in [2.45, 2.75) is 12.8 Å². The SMILES string of the molecule is C=CC#C/C=C\C#CCCCO. The van der Waals surface area contributed by atoms with Gasteiger partial charge in [-0.05, 0) is 24.6 Å². The summed E-state index contributed by atoms with van der Waals surface area (Å²) in [7, 11) is 0. The average Bonchev–Trinajstić information content (AvgIpc) is 2.10. The number of allylic oxidation sites excluding steroid dienone is 3. The Kier molecular flexibility index (Phi) is 8.41. The third-order valence-corrected chi connectivity index (χ3v) is 0.997. The summed E-state index contributed by atoms with van der Waals surface area (Å²) in [5.74, 6) is 11.1. The molecule has 0 aliphatic heterocycles. The van der Waals surface area contributed by atoms with E-state index in [0.29, 0.717) is 0 Å². The van der Waals surface area contributed by atoms with Crippen LogP contribution in [-0.2, 0) is 0 Å². The molecule has 0 aliphatic carbocycles. The number of hydrogen-bond donors (Lipinski definition) is 1. The monoisotopic (exact) mass is 160 g/mol. The van der Waals surface area contributed by atoms with Crippen LogP contribution in [0.25, 0.3) is 0 Å². The molecule has 0 atom stereocenters. The lowest BCUT2D eigenvalue weighted by Crippen LogP contribution is -1.77. The molecule has 12 heavy (non-hydrogen) atoms. The summed E-state index contributed by atoms with van der Waals surface area (Å²) in [5, 5.41) is 8.42. The molecule has 0 rings (SSSR count). The Balaban J connectivity index is 3.55. The van der Waals surface area contributed by atoms with Crippen molar-refractivity contribution in [1.82, 2.24) is 0 Å². The molecule has 0 aromatic heterocycles. The molecule has 1 heteroatoms. The normalized spacial score (nSPS) is 8.08. The first-order valence-corrected chi connectivity index (χ1v) is 3.78. The lowest BCUT2D eigenvalue weighted by molar-refractivity contribution is 0.290. The van der Waals surface area contributed by atoms with Gasteiger partial charge in [-0.15, -0.1) is 0 Å². The predicted molar refractivity (Wildman–Crippen MR) is 51.2 cm³/mol. The van der Waals surface area contributed by atoms with Crippen molar-refractivity contribution in [3.63, 3.8) is 0 Å². The minimum atomic E-state index is 0.203. The van der Waals surface area contributed by atoms with E-state index in [2.05, 4.69) is 30.3 Å². The van der Waals surface area contributed by atoms with E-state index in [1.807, 2.05) is 0 Å². The zero-order chi connectivity index (χ0) is 9.07. The van der Waals surface area contributed by atoms with Gasteiger partial charge in [0.05, 0.1) is 0 Å². The Bertz CT molecular complexity index is 252. The van der Waals surface area contributed by atoms with E-state index in [-0.39, 0.29) is 6.61 Å². The Hall–Kier alpha value is -1.44. The minimum Gasteiger partial charge on any atom is -0.396 e. The highest BCUT2D eigenvalue weighted by atomic mass is 16.2. The summed E-state index contributed by atoms with van der Waals surface area (Å²) in [5.41, 5.74) is 0. The fourth-order valence-corrected chi connectivity index (χ4v) is 0.489. The predicted octanol–water partition coefficient (Wildman–Crippen LogP) is 1.51. The number of rotatable bonds is 2. The van der Waals surface area contributed by atoms with Gasteiger partial charge in [0.15, 0.2) is 0 Å². The fraction of sp³-hybridized carbons (Fsp3) is 0.273. The van der Waals surface area contributed by atoms with Crippen LogP contribution in [0.2, 0.25) is 0 Å². The lowest BCUT2D eigenvalue weighted by atomic mass is 10.3. The van der Waals surface area contributed by atoms with E-state index in [0.717, 1.165) is 12.8 Å². The average molecular weight is 160 g/mol. The van der Waals surface area contributed by atoms with Gasteiger partial charge in [-0.25, -0.2) is 0 Å².